The van der Waals surface area contributed by atoms with E-state index in [1.54, 1.807) is 24.3 Å². The van der Waals surface area contributed by atoms with Crippen molar-refractivity contribution in [3.63, 3.8) is 0 Å². The summed E-state index contributed by atoms with van der Waals surface area (Å²) >= 11 is 0. The number of aromatic nitrogens is 1. The lowest BCUT2D eigenvalue weighted by Crippen LogP contribution is -2.21. The summed E-state index contributed by atoms with van der Waals surface area (Å²) in [6.45, 7) is 2.94. The minimum atomic E-state index is -0.359. The van der Waals surface area contributed by atoms with Gasteiger partial charge in [-0.05, 0) is 55.5 Å². The molecule has 0 radical (unpaired) electrons. The van der Waals surface area contributed by atoms with Gasteiger partial charge in [0, 0.05) is 41.0 Å². The van der Waals surface area contributed by atoms with E-state index in [9.17, 15) is 10.1 Å². The second-order valence-electron chi connectivity index (χ2n) is 8.35. The second kappa shape index (κ2) is 7.91. The molecular weight excluding hydrogens is 386 g/mol. The van der Waals surface area contributed by atoms with Crippen molar-refractivity contribution in [3.8, 4) is 0 Å². The average Bonchev–Trinajstić information content (AvgIpc) is 3.10. The predicted octanol–water partition coefficient (Wildman–Crippen LogP) is 6.40. The van der Waals surface area contributed by atoms with Crippen LogP contribution in [0.15, 0.2) is 72.8 Å². The van der Waals surface area contributed by atoms with Crippen molar-refractivity contribution in [3.05, 3.63) is 105 Å². The molecular formula is C26H25N3O2. The number of hydrogen-bond acceptors (Lipinski definition) is 3. The van der Waals surface area contributed by atoms with Crippen LogP contribution in [0.3, 0.4) is 0 Å². The number of aryl methyl sites for hydroxylation is 2. The lowest BCUT2D eigenvalue weighted by molar-refractivity contribution is -0.384. The van der Waals surface area contributed by atoms with E-state index in [-0.39, 0.29) is 16.7 Å². The maximum absolute atomic E-state index is 11.0. The van der Waals surface area contributed by atoms with Gasteiger partial charge in [0.25, 0.3) is 5.69 Å². The molecule has 1 aromatic heterocycles. The van der Waals surface area contributed by atoms with Gasteiger partial charge >= 0.3 is 0 Å². The van der Waals surface area contributed by atoms with Crippen molar-refractivity contribution in [1.82, 2.24) is 4.57 Å². The van der Waals surface area contributed by atoms with Gasteiger partial charge in [0.1, 0.15) is 0 Å². The largest absolute Gasteiger partial charge is 0.377 e. The third-order valence-electron chi connectivity index (χ3n) is 6.25. The summed E-state index contributed by atoms with van der Waals surface area (Å²) in [5, 5.41) is 16.0. The van der Waals surface area contributed by atoms with E-state index >= 15 is 0 Å². The molecule has 156 valence electrons. The summed E-state index contributed by atoms with van der Waals surface area (Å²) in [4.78, 5) is 10.6. The van der Waals surface area contributed by atoms with Crippen LogP contribution in [0.2, 0.25) is 0 Å². The van der Waals surface area contributed by atoms with Gasteiger partial charge in [-0.15, -0.1) is 0 Å². The minimum absolute atomic E-state index is 0.114. The third-order valence-corrected chi connectivity index (χ3v) is 6.25. The van der Waals surface area contributed by atoms with Crippen molar-refractivity contribution >= 4 is 22.3 Å². The topological polar surface area (TPSA) is 60.1 Å². The maximum atomic E-state index is 11.0. The first kappa shape index (κ1) is 19.4. The van der Waals surface area contributed by atoms with Gasteiger partial charge in [-0.3, -0.25) is 10.1 Å². The normalized spacial score (nSPS) is 15.6. The van der Waals surface area contributed by atoms with Gasteiger partial charge in [-0.2, -0.15) is 0 Å². The summed E-state index contributed by atoms with van der Waals surface area (Å²) < 4.78 is 2.46. The summed E-state index contributed by atoms with van der Waals surface area (Å²) in [6.07, 6.45) is 3.24. The van der Waals surface area contributed by atoms with Crippen LogP contribution < -0.4 is 5.32 Å². The SMILES string of the molecule is Cc1ccc(Cn2c3c(c4ccccc42)CCCC3Nc2ccc([N+](=O)[O-])cc2)cc1. The first-order valence-corrected chi connectivity index (χ1v) is 10.8. The first-order valence-electron chi connectivity index (χ1n) is 10.8. The molecule has 0 spiro atoms. The third kappa shape index (κ3) is 3.67. The molecule has 3 aromatic carbocycles. The van der Waals surface area contributed by atoms with E-state index in [0.29, 0.717) is 0 Å². The van der Waals surface area contributed by atoms with Crippen molar-refractivity contribution in [2.75, 3.05) is 5.32 Å². The van der Waals surface area contributed by atoms with E-state index in [1.807, 2.05) is 0 Å². The Morgan fingerprint density at radius 1 is 1.03 bits per heavy atom. The van der Waals surface area contributed by atoms with Crippen LogP contribution >= 0.6 is 0 Å². The van der Waals surface area contributed by atoms with Crippen LogP contribution in [-0.4, -0.2) is 9.49 Å². The van der Waals surface area contributed by atoms with Gasteiger partial charge < -0.3 is 9.88 Å². The minimum Gasteiger partial charge on any atom is -0.377 e. The van der Waals surface area contributed by atoms with Crippen molar-refractivity contribution in [1.29, 1.82) is 0 Å². The van der Waals surface area contributed by atoms with Crippen molar-refractivity contribution < 1.29 is 4.92 Å². The quantitative estimate of drug-likeness (QED) is 0.305. The number of nitrogens with one attached hydrogen (secondary N) is 1. The number of benzene rings is 3. The Bertz CT molecular complexity index is 1240. The Hall–Kier alpha value is -3.60. The predicted molar refractivity (Wildman–Crippen MR) is 125 cm³/mol. The molecule has 0 aliphatic heterocycles. The number of nitrogens with zero attached hydrogens (tertiary/aromatic N) is 2. The Labute approximate surface area is 181 Å². The number of non-ortho nitro benzene ring substituents is 1. The van der Waals surface area contributed by atoms with Gasteiger partial charge in [0.2, 0.25) is 0 Å². The highest BCUT2D eigenvalue weighted by Crippen LogP contribution is 2.39. The highest BCUT2D eigenvalue weighted by Gasteiger charge is 2.27. The molecule has 0 saturated heterocycles. The molecule has 0 bridgehead atoms. The molecule has 0 fully saturated rings. The molecule has 1 N–H and O–H groups in total. The molecule has 1 heterocycles. The zero-order valence-corrected chi connectivity index (χ0v) is 17.5. The van der Waals surface area contributed by atoms with Gasteiger partial charge in [0.05, 0.1) is 11.0 Å². The Balaban J connectivity index is 1.56. The molecule has 1 unspecified atom stereocenters. The van der Waals surface area contributed by atoms with Gasteiger partial charge in [0.15, 0.2) is 0 Å². The van der Waals surface area contributed by atoms with Crippen LogP contribution in [-0.2, 0) is 13.0 Å². The van der Waals surface area contributed by atoms with E-state index in [2.05, 4.69) is 65.3 Å². The molecule has 0 saturated carbocycles. The first-order chi connectivity index (χ1) is 15.1. The van der Waals surface area contributed by atoms with Crippen molar-refractivity contribution in [2.24, 2.45) is 0 Å². The molecule has 1 aliphatic carbocycles. The summed E-state index contributed by atoms with van der Waals surface area (Å²) in [5.74, 6) is 0. The fourth-order valence-corrected chi connectivity index (χ4v) is 4.74. The summed E-state index contributed by atoms with van der Waals surface area (Å²) in [6, 6.07) is 24.3. The van der Waals surface area contributed by atoms with Gasteiger partial charge in [-0.1, -0.05) is 48.0 Å². The van der Waals surface area contributed by atoms with Crippen LogP contribution in [0.25, 0.3) is 10.9 Å². The van der Waals surface area contributed by atoms with E-state index in [4.69, 9.17) is 0 Å². The van der Waals surface area contributed by atoms with E-state index in [1.165, 1.54) is 33.3 Å². The van der Waals surface area contributed by atoms with E-state index in [0.717, 1.165) is 31.5 Å². The second-order valence-corrected chi connectivity index (χ2v) is 8.35. The highest BCUT2D eigenvalue weighted by molar-refractivity contribution is 5.86. The zero-order valence-electron chi connectivity index (χ0n) is 17.5. The maximum Gasteiger partial charge on any atom is 0.269 e. The molecule has 0 amide bonds. The number of anilines is 1. The van der Waals surface area contributed by atoms with Crippen molar-refractivity contribution in [2.45, 2.75) is 38.8 Å². The monoisotopic (exact) mass is 411 g/mol. The zero-order chi connectivity index (χ0) is 21.4. The standard InChI is InChI=1S/C26H25N3O2/c1-18-9-11-19(12-10-18)17-28-25-8-3-2-5-22(25)23-6-4-7-24(26(23)28)27-20-13-15-21(16-14-20)29(30)31/h2-3,5,8-16,24,27H,4,6-7,17H2,1H3. The Kier molecular flexibility index (Phi) is 4.94. The number of nitro groups is 1. The number of fused-ring (bicyclic) bond motifs is 3. The van der Waals surface area contributed by atoms with Gasteiger partial charge in [-0.25, -0.2) is 0 Å². The number of para-hydroxylation sites is 1. The molecule has 1 aliphatic rings. The summed E-state index contributed by atoms with van der Waals surface area (Å²) in [5.41, 5.74) is 7.61. The molecule has 5 heteroatoms. The smallest absolute Gasteiger partial charge is 0.269 e. The fourth-order valence-electron chi connectivity index (χ4n) is 4.74. The fraction of sp³-hybridized carbons (Fsp3) is 0.231. The molecule has 4 aromatic rings. The molecule has 5 nitrogen and oxygen atoms in total. The number of nitro benzene ring substituents is 1. The van der Waals surface area contributed by atoms with Crippen LogP contribution in [0.4, 0.5) is 11.4 Å². The average molecular weight is 412 g/mol. The number of hydrogen-bond donors (Lipinski definition) is 1. The molecule has 31 heavy (non-hydrogen) atoms. The molecule has 1 atom stereocenters. The highest BCUT2D eigenvalue weighted by atomic mass is 16.6. The molecule has 5 rings (SSSR count). The Morgan fingerprint density at radius 2 is 1.77 bits per heavy atom. The lowest BCUT2D eigenvalue weighted by atomic mass is 9.91. The summed E-state index contributed by atoms with van der Waals surface area (Å²) in [7, 11) is 0. The Morgan fingerprint density at radius 3 is 2.52 bits per heavy atom. The number of rotatable bonds is 5. The van der Waals surface area contributed by atoms with Crippen LogP contribution in [0.1, 0.15) is 41.3 Å². The lowest BCUT2D eigenvalue weighted by Gasteiger charge is -2.27. The van der Waals surface area contributed by atoms with E-state index < -0.39 is 0 Å². The van der Waals surface area contributed by atoms with Crippen LogP contribution in [0.5, 0.6) is 0 Å². The van der Waals surface area contributed by atoms with Crippen LogP contribution in [0, 0.1) is 17.0 Å².